The first-order valence-corrected chi connectivity index (χ1v) is 12.0. The Kier molecular flexibility index (Phi) is 7.71. The number of carbonyl (C=O) groups excluding carboxylic acids is 1. The van der Waals surface area contributed by atoms with Crippen LogP contribution in [0.2, 0.25) is 5.02 Å². The van der Waals surface area contributed by atoms with Crippen molar-refractivity contribution in [2.75, 3.05) is 50.0 Å². The minimum Gasteiger partial charge on any atom is -0.379 e. The molecule has 30 heavy (non-hydrogen) atoms. The fraction of sp³-hybridized carbons (Fsp3) is 0.381. The number of rotatable bonds is 8. The van der Waals surface area contributed by atoms with Gasteiger partial charge in [-0.3, -0.25) is 14.0 Å². The topological polar surface area (TPSA) is 79.0 Å². The third-order valence-corrected chi connectivity index (χ3v) is 6.27. The maximum Gasteiger partial charge on any atom is 0.251 e. The van der Waals surface area contributed by atoms with Gasteiger partial charge in [0.2, 0.25) is 10.0 Å². The minimum atomic E-state index is -3.50. The van der Waals surface area contributed by atoms with E-state index < -0.39 is 10.0 Å². The monoisotopic (exact) mass is 451 g/mol. The van der Waals surface area contributed by atoms with Crippen molar-refractivity contribution in [2.45, 2.75) is 6.54 Å². The molecule has 1 amide bonds. The zero-order valence-corrected chi connectivity index (χ0v) is 18.5. The number of anilines is 1. The van der Waals surface area contributed by atoms with Gasteiger partial charge in [-0.1, -0.05) is 23.7 Å². The van der Waals surface area contributed by atoms with Crippen molar-refractivity contribution in [3.8, 4) is 0 Å². The molecule has 7 nitrogen and oxygen atoms in total. The van der Waals surface area contributed by atoms with Gasteiger partial charge in [0.1, 0.15) is 0 Å². The zero-order valence-electron chi connectivity index (χ0n) is 16.9. The van der Waals surface area contributed by atoms with Crippen LogP contribution in [0.4, 0.5) is 5.69 Å². The summed E-state index contributed by atoms with van der Waals surface area (Å²) in [5.74, 6) is -0.182. The first-order valence-electron chi connectivity index (χ1n) is 9.73. The molecule has 0 atom stereocenters. The molecule has 1 saturated heterocycles. The lowest BCUT2D eigenvalue weighted by molar-refractivity contribution is 0.0383. The Bertz CT molecular complexity index is 943. The molecule has 0 unspecified atom stereocenters. The van der Waals surface area contributed by atoms with Crippen LogP contribution < -0.4 is 9.62 Å². The highest BCUT2D eigenvalue weighted by Gasteiger charge is 2.18. The molecular formula is C21H26ClN3O4S. The lowest BCUT2D eigenvalue weighted by atomic mass is 10.1. The summed E-state index contributed by atoms with van der Waals surface area (Å²) in [7, 11) is -3.50. The molecule has 0 saturated carbocycles. The van der Waals surface area contributed by atoms with Crippen LogP contribution in [0.5, 0.6) is 0 Å². The summed E-state index contributed by atoms with van der Waals surface area (Å²) in [6.07, 6.45) is 1.16. The first-order chi connectivity index (χ1) is 14.3. The van der Waals surface area contributed by atoms with Crippen LogP contribution in [0, 0.1) is 0 Å². The Labute approximate surface area is 182 Å². The smallest absolute Gasteiger partial charge is 0.251 e. The van der Waals surface area contributed by atoms with E-state index in [0.717, 1.165) is 44.7 Å². The number of hydrogen-bond acceptors (Lipinski definition) is 5. The number of halogens is 1. The molecule has 1 N–H and O–H groups in total. The molecule has 1 fully saturated rings. The number of nitrogens with one attached hydrogen (secondary N) is 1. The predicted molar refractivity (Wildman–Crippen MR) is 119 cm³/mol. The Hall–Kier alpha value is -2.13. The van der Waals surface area contributed by atoms with Crippen molar-refractivity contribution >= 4 is 33.2 Å². The van der Waals surface area contributed by atoms with E-state index in [1.54, 1.807) is 48.5 Å². The predicted octanol–water partition coefficient (Wildman–Crippen LogP) is 2.37. The van der Waals surface area contributed by atoms with Crippen LogP contribution in [-0.2, 0) is 21.3 Å². The molecule has 0 aliphatic carbocycles. The third kappa shape index (κ3) is 6.43. The molecule has 0 aromatic heterocycles. The molecule has 2 aromatic rings. The van der Waals surface area contributed by atoms with Gasteiger partial charge in [0, 0.05) is 36.8 Å². The van der Waals surface area contributed by atoms with Crippen LogP contribution in [0.15, 0.2) is 48.5 Å². The van der Waals surface area contributed by atoms with Crippen LogP contribution in [0.25, 0.3) is 0 Å². The SMILES string of the molecule is CS(=O)(=O)N(Cc1ccc(Cl)cc1)c1ccc(C(=O)NCCN2CCOCC2)cc1. The van der Waals surface area contributed by atoms with Crippen molar-refractivity contribution < 1.29 is 17.9 Å². The number of hydrogen-bond donors (Lipinski definition) is 1. The van der Waals surface area contributed by atoms with Crippen molar-refractivity contribution in [3.05, 3.63) is 64.7 Å². The maximum atomic E-state index is 12.4. The van der Waals surface area contributed by atoms with Crippen molar-refractivity contribution in [1.29, 1.82) is 0 Å². The Morgan fingerprint density at radius 3 is 2.33 bits per heavy atom. The number of ether oxygens (including phenoxy) is 1. The van der Waals surface area contributed by atoms with Gasteiger partial charge in [0.05, 0.1) is 31.7 Å². The summed E-state index contributed by atoms with van der Waals surface area (Å²) in [4.78, 5) is 14.6. The molecule has 162 valence electrons. The van der Waals surface area contributed by atoms with Gasteiger partial charge in [-0.2, -0.15) is 0 Å². The molecular weight excluding hydrogens is 426 g/mol. The van der Waals surface area contributed by atoms with Crippen LogP contribution in [0.1, 0.15) is 15.9 Å². The average molecular weight is 452 g/mol. The summed E-state index contributed by atoms with van der Waals surface area (Å²) in [6, 6.07) is 13.6. The summed E-state index contributed by atoms with van der Waals surface area (Å²) in [6.45, 7) is 4.70. The van der Waals surface area contributed by atoms with E-state index in [4.69, 9.17) is 16.3 Å². The molecule has 0 spiro atoms. The molecule has 0 bridgehead atoms. The number of nitrogens with zero attached hydrogens (tertiary/aromatic N) is 2. The fourth-order valence-corrected chi connectivity index (χ4v) is 4.20. The average Bonchev–Trinajstić information content (AvgIpc) is 2.73. The first kappa shape index (κ1) is 22.6. The van der Waals surface area contributed by atoms with E-state index in [9.17, 15) is 13.2 Å². The molecule has 9 heteroatoms. The zero-order chi connectivity index (χ0) is 21.6. The molecule has 1 heterocycles. The Balaban J connectivity index is 1.62. The van der Waals surface area contributed by atoms with E-state index >= 15 is 0 Å². The van der Waals surface area contributed by atoms with Crippen LogP contribution in [-0.4, -0.2) is 64.9 Å². The van der Waals surface area contributed by atoms with Crippen LogP contribution >= 0.6 is 11.6 Å². The van der Waals surface area contributed by atoms with E-state index in [2.05, 4.69) is 10.2 Å². The standard InChI is InChI=1S/C21H26ClN3O4S/c1-30(27,28)25(16-17-2-6-19(22)7-3-17)20-8-4-18(5-9-20)21(26)23-10-11-24-12-14-29-15-13-24/h2-9H,10-16H2,1H3,(H,23,26). The van der Waals surface area contributed by atoms with Gasteiger partial charge < -0.3 is 10.1 Å². The number of sulfonamides is 1. The van der Waals surface area contributed by atoms with Gasteiger partial charge in [-0.15, -0.1) is 0 Å². The van der Waals surface area contributed by atoms with Gasteiger partial charge in [-0.05, 0) is 42.0 Å². The molecule has 2 aromatic carbocycles. The highest BCUT2D eigenvalue weighted by Crippen LogP contribution is 2.22. The van der Waals surface area contributed by atoms with Gasteiger partial charge in [-0.25, -0.2) is 8.42 Å². The molecule has 1 aliphatic rings. The lowest BCUT2D eigenvalue weighted by Gasteiger charge is -2.26. The number of amides is 1. The number of morpholine rings is 1. The number of carbonyl (C=O) groups is 1. The van der Waals surface area contributed by atoms with Crippen molar-refractivity contribution in [1.82, 2.24) is 10.2 Å². The minimum absolute atomic E-state index is 0.182. The van der Waals surface area contributed by atoms with Crippen molar-refractivity contribution in [3.63, 3.8) is 0 Å². The molecule has 3 rings (SSSR count). The Morgan fingerprint density at radius 1 is 1.10 bits per heavy atom. The second kappa shape index (κ2) is 10.3. The lowest BCUT2D eigenvalue weighted by Crippen LogP contribution is -2.41. The number of benzene rings is 2. The highest BCUT2D eigenvalue weighted by atomic mass is 35.5. The van der Waals surface area contributed by atoms with Gasteiger partial charge in [0.25, 0.3) is 5.91 Å². The maximum absolute atomic E-state index is 12.4. The Morgan fingerprint density at radius 2 is 1.73 bits per heavy atom. The fourth-order valence-electron chi connectivity index (χ4n) is 3.19. The summed E-state index contributed by atoms with van der Waals surface area (Å²) >= 11 is 5.90. The van der Waals surface area contributed by atoms with E-state index in [-0.39, 0.29) is 12.5 Å². The van der Waals surface area contributed by atoms with Crippen LogP contribution in [0.3, 0.4) is 0 Å². The third-order valence-electron chi connectivity index (χ3n) is 4.87. The summed E-state index contributed by atoms with van der Waals surface area (Å²) < 4.78 is 31.3. The second-order valence-electron chi connectivity index (χ2n) is 7.15. The van der Waals surface area contributed by atoms with Gasteiger partial charge in [0.15, 0.2) is 0 Å². The van der Waals surface area contributed by atoms with E-state index in [1.165, 1.54) is 4.31 Å². The largest absolute Gasteiger partial charge is 0.379 e. The normalized spacial score (nSPS) is 15.0. The quantitative estimate of drug-likeness (QED) is 0.666. The second-order valence-corrected chi connectivity index (χ2v) is 9.50. The highest BCUT2D eigenvalue weighted by molar-refractivity contribution is 7.92. The summed E-state index contributed by atoms with van der Waals surface area (Å²) in [5.41, 5.74) is 1.80. The van der Waals surface area contributed by atoms with Crippen molar-refractivity contribution in [2.24, 2.45) is 0 Å². The van der Waals surface area contributed by atoms with Gasteiger partial charge >= 0.3 is 0 Å². The van der Waals surface area contributed by atoms with E-state index in [0.29, 0.717) is 22.8 Å². The summed E-state index contributed by atoms with van der Waals surface area (Å²) in [5, 5.41) is 3.50. The molecule has 0 radical (unpaired) electrons. The molecule has 1 aliphatic heterocycles. The van der Waals surface area contributed by atoms with E-state index in [1.807, 2.05) is 0 Å².